The van der Waals surface area contributed by atoms with E-state index in [4.69, 9.17) is 0 Å². The van der Waals surface area contributed by atoms with E-state index in [1.54, 1.807) is 0 Å². The Labute approximate surface area is 39.6 Å². The quantitative estimate of drug-likeness (QED) is 0.234. The molecule has 0 saturated carbocycles. The van der Waals surface area contributed by atoms with E-state index in [1.807, 2.05) is 13.6 Å². The average Bonchev–Trinajstić information content (AvgIpc) is 1.61. The molecular formula is C3H9O2P. The van der Waals surface area contributed by atoms with Gasteiger partial charge in [0.15, 0.2) is 0 Å². The first-order valence-electron chi connectivity index (χ1n) is 1.87. The van der Waals surface area contributed by atoms with Gasteiger partial charge in [-0.05, 0) is 13.6 Å². The molecule has 0 saturated heterocycles. The Morgan fingerprint density at radius 1 is 1.67 bits per heavy atom. The fourth-order valence-corrected chi connectivity index (χ4v) is 0.354. The highest BCUT2D eigenvalue weighted by molar-refractivity contribution is 7.31. The molecule has 0 rings (SSSR count). The summed E-state index contributed by atoms with van der Waals surface area (Å²) in [7, 11) is 0.442. The zero-order valence-corrected chi connectivity index (χ0v) is 5.02. The van der Waals surface area contributed by atoms with E-state index >= 15 is 0 Å². The molecule has 2 nitrogen and oxygen atoms in total. The molecule has 0 N–H and O–H groups in total. The highest BCUT2D eigenvalue weighted by Gasteiger charge is 1.71. The lowest BCUT2D eigenvalue weighted by Gasteiger charge is -1.91. The molecule has 0 aliphatic heterocycles. The third kappa shape index (κ3) is 4.35. The molecule has 1 atom stereocenters. The van der Waals surface area contributed by atoms with E-state index < -0.39 is 0 Å². The van der Waals surface area contributed by atoms with Crippen LogP contribution in [-0.2, 0) is 9.56 Å². The molecule has 0 bridgehead atoms. The predicted molar refractivity (Wildman–Crippen MR) is 26.9 cm³/mol. The van der Waals surface area contributed by atoms with Gasteiger partial charge in [0.05, 0.1) is 15.4 Å². The van der Waals surface area contributed by atoms with Crippen LogP contribution in [0.3, 0.4) is 0 Å². The largest absolute Gasteiger partial charge is 0.234 e. The summed E-state index contributed by atoms with van der Waals surface area (Å²) in [4.78, 5) is 4.49. The van der Waals surface area contributed by atoms with Gasteiger partial charge < -0.3 is 0 Å². The van der Waals surface area contributed by atoms with Gasteiger partial charge in [0.1, 0.15) is 0 Å². The molecular weight excluding hydrogens is 99.0 g/mol. The monoisotopic (exact) mass is 108 g/mol. The van der Waals surface area contributed by atoms with E-state index in [2.05, 4.69) is 9.56 Å². The van der Waals surface area contributed by atoms with Gasteiger partial charge in [0.2, 0.25) is 0 Å². The third-order valence-corrected chi connectivity index (χ3v) is 0.545. The smallest absolute Gasteiger partial charge is 0.0797 e. The molecule has 0 amide bonds. The maximum Gasteiger partial charge on any atom is 0.0797 e. The molecule has 1 unspecified atom stereocenters. The average molecular weight is 108 g/mol. The maximum atomic E-state index is 4.51. The fourth-order valence-electron chi connectivity index (χ4n) is 0.118. The zero-order chi connectivity index (χ0) is 4.83. The summed E-state index contributed by atoms with van der Waals surface area (Å²) in [6, 6.07) is 0. The van der Waals surface area contributed by atoms with Crippen molar-refractivity contribution in [3.05, 3.63) is 0 Å². The molecule has 3 heteroatoms. The molecule has 0 aliphatic rings. The highest BCUT2D eigenvalue weighted by Crippen LogP contribution is 2.02. The lowest BCUT2D eigenvalue weighted by atomic mass is 10.9. The van der Waals surface area contributed by atoms with Gasteiger partial charge in [-0.15, -0.1) is 0 Å². The van der Waals surface area contributed by atoms with Crippen LogP contribution in [0.5, 0.6) is 0 Å². The second-order valence-electron chi connectivity index (χ2n) is 0.694. The minimum Gasteiger partial charge on any atom is -0.234 e. The summed E-state index contributed by atoms with van der Waals surface area (Å²) in [6.07, 6.45) is 0. The van der Waals surface area contributed by atoms with Crippen LogP contribution in [0.4, 0.5) is 0 Å². The standard InChI is InChI=1S/C3H9O2P/c1-3-4-5-6-2/h6H,3H2,1-2H3. The lowest BCUT2D eigenvalue weighted by molar-refractivity contribution is -0.190. The minimum absolute atomic E-state index is 0.442. The SMILES string of the molecule is CCOOPC. The van der Waals surface area contributed by atoms with Gasteiger partial charge in [-0.25, -0.2) is 9.56 Å². The number of hydrogen-bond acceptors (Lipinski definition) is 2. The fraction of sp³-hybridized carbons (Fsp3) is 1.00. The normalized spacial score (nSPS) is 11.0. The number of rotatable bonds is 3. The molecule has 0 spiro atoms. The number of hydrogen-bond donors (Lipinski definition) is 0. The second kappa shape index (κ2) is 5.35. The van der Waals surface area contributed by atoms with Crippen molar-refractivity contribution in [3.63, 3.8) is 0 Å². The molecule has 0 fully saturated rings. The highest BCUT2D eigenvalue weighted by atomic mass is 31.1. The van der Waals surface area contributed by atoms with Crippen molar-refractivity contribution >= 4 is 8.81 Å². The molecule has 0 aliphatic carbocycles. The Morgan fingerprint density at radius 2 is 2.33 bits per heavy atom. The van der Waals surface area contributed by atoms with E-state index in [9.17, 15) is 0 Å². The van der Waals surface area contributed by atoms with Crippen LogP contribution in [0.2, 0.25) is 0 Å². The second-order valence-corrected chi connectivity index (χ2v) is 1.27. The molecule has 0 aromatic rings. The van der Waals surface area contributed by atoms with Crippen molar-refractivity contribution in [3.8, 4) is 0 Å². The Kier molecular flexibility index (Phi) is 5.66. The van der Waals surface area contributed by atoms with Crippen LogP contribution in [-0.4, -0.2) is 13.3 Å². The maximum absolute atomic E-state index is 4.51. The van der Waals surface area contributed by atoms with Gasteiger partial charge in [-0.3, -0.25) is 0 Å². The van der Waals surface area contributed by atoms with E-state index in [0.29, 0.717) is 15.4 Å². The van der Waals surface area contributed by atoms with Gasteiger partial charge in [0, 0.05) is 0 Å². The summed E-state index contributed by atoms with van der Waals surface area (Å²) in [5.74, 6) is 0. The first-order chi connectivity index (χ1) is 2.91. The Hall–Kier alpha value is 0.350. The van der Waals surface area contributed by atoms with Crippen LogP contribution in [0.15, 0.2) is 0 Å². The van der Waals surface area contributed by atoms with Crippen molar-refractivity contribution < 1.29 is 9.56 Å². The lowest BCUT2D eigenvalue weighted by Crippen LogP contribution is -1.80. The zero-order valence-electron chi connectivity index (χ0n) is 4.02. The molecule has 0 radical (unpaired) electrons. The van der Waals surface area contributed by atoms with Crippen LogP contribution in [0.1, 0.15) is 6.92 Å². The molecule has 0 aromatic heterocycles. The molecule has 6 heavy (non-hydrogen) atoms. The Morgan fingerprint density at radius 3 is 2.50 bits per heavy atom. The van der Waals surface area contributed by atoms with Crippen LogP contribution in [0, 0.1) is 0 Å². The Bertz CT molecular complexity index is 20.8. The van der Waals surface area contributed by atoms with E-state index in [0.717, 1.165) is 0 Å². The van der Waals surface area contributed by atoms with E-state index in [1.165, 1.54) is 0 Å². The van der Waals surface area contributed by atoms with Crippen molar-refractivity contribution in [2.45, 2.75) is 6.92 Å². The van der Waals surface area contributed by atoms with Crippen molar-refractivity contribution in [2.75, 3.05) is 13.3 Å². The van der Waals surface area contributed by atoms with Gasteiger partial charge in [-0.1, -0.05) is 0 Å². The third-order valence-electron chi connectivity index (χ3n) is 0.260. The van der Waals surface area contributed by atoms with Gasteiger partial charge in [0.25, 0.3) is 0 Å². The topological polar surface area (TPSA) is 18.5 Å². The van der Waals surface area contributed by atoms with Crippen LogP contribution in [0.25, 0.3) is 0 Å². The first-order valence-corrected chi connectivity index (χ1v) is 3.27. The summed E-state index contributed by atoms with van der Waals surface area (Å²) >= 11 is 0. The van der Waals surface area contributed by atoms with Crippen molar-refractivity contribution in [1.82, 2.24) is 0 Å². The first kappa shape index (κ1) is 6.35. The van der Waals surface area contributed by atoms with Crippen LogP contribution < -0.4 is 0 Å². The summed E-state index contributed by atoms with van der Waals surface area (Å²) < 4.78 is 4.51. The van der Waals surface area contributed by atoms with Crippen LogP contribution >= 0.6 is 8.81 Å². The molecule has 0 aromatic carbocycles. The van der Waals surface area contributed by atoms with E-state index in [-0.39, 0.29) is 0 Å². The van der Waals surface area contributed by atoms with Crippen molar-refractivity contribution in [2.24, 2.45) is 0 Å². The molecule has 0 heterocycles. The van der Waals surface area contributed by atoms with Gasteiger partial charge in [-0.2, -0.15) is 0 Å². The summed E-state index contributed by atoms with van der Waals surface area (Å²) in [5, 5.41) is 0. The Balaban J connectivity index is 2.34. The minimum atomic E-state index is 0.442. The summed E-state index contributed by atoms with van der Waals surface area (Å²) in [6.45, 7) is 4.44. The van der Waals surface area contributed by atoms with Crippen molar-refractivity contribution in [1.29, 1.82) is 0 Å². The predicted octanol–water partition coefficient (Wildman–Crippen LogP) is 1.18. The summed E-state index contributed by atoms with van der Waals surface area (Å²) in [5.41, 5.74) is 0. The van der Waals surface area contributed by atoms with Gasteiger partial charge >= 0.3 is 0 Å². The molecule has 38 valence electrons.